The summed E-state index contributed by atoms with van der Waals surface area (Å²) < 4.78 is 1.95. The Balaban J connectivity index is 2.11. The van der Waals surface area contributed by atoms with E-state index in [4.69, 9.17) is 5.11 Å². The molecule has 0 aliphatic carbocycles. The molecule has 1 N–H and O–H groups in total. The Hall–Kier alpha value is -1.57. The molecule has 0 atom stereocenters. The normalized spacial score (nSPS) is 9.88. The number of hydrogen-bond acceptors (Lipinski definition) is 3. The highest BCUT2D eigenvalue weighted by Gasteiger charge is 2.01. The largest absolute Gasteiger partial charge is 0.384 e. The predicted octanol–water partition coefficient (Wildman–Crippen LogP) is 1.65. The lowest BCUT2D eigenvalue weighted by molar-refractivity contribution is 0.350. The molecule has 0 fully saturated rings. The van der Waals surface area contributed by atoms with Crippen molar-refractivity contribution in [1.82, 2.24) is 9.78 Å². The van der Waals surface area contributed by atoms with E-state index in [0.29, 0.717) is 0 Å². The Morgan fingerprint density at radius 2 is 2.44 bits per heavy atom. The minimum absolute atomic E-state index is 0.0938. The third-order valence-corrected chi connectivity index (χ3v) is 3.12. The average Bonchev–Trinajstić information content (AvgIpc) is 2.87. The number of aryl methyl sites for hydroxylation is 1. The molecular formula is C12H12N2OS. The standard InChI is InChI=1S/C12H12N2OS/c1-10-4-5-13-14(10)8-12-7-11(9-16-12)3-2-6-15/h4-5,7,9,15H,6,8H2,1H3. The molecule has 2 aromatic heterocycles. The summed E-state index contributed by atoms with van der Waals surface area (Å²) in [5.74, 6) is 5.53. The molecule has 0 aliphatic rings. The molecule has 2 rings (SSSR count). The monoisotopic (exact) mass is 232 g/mol. The SMILES string of the molecule is Cc1ccnn1Cc1cc(C#CCO)cs1. The van der Waals surface area contributed by atoms with Crippen LogP contribution in [0.2, 0.25) is 0 Å². The first kappa shape index (κ1) is 10.9. The minimum Gasteiger partial charge on any atom is -0.384 e. The molecule has 2 aromatic rings. The van der Waals surface area contributed by atoms with Gasteiger partial charge in [-0.15, -0.1) is 11.3 Å². The van der Waals surface area contributed by atoms with Crippen LogP contribution in [0.3, 0.4) is 0 Å². The highest BCUT2D eigenvalue weighted by atomic mass is 32.1. The van der Waals surface area contributed by atoms with Gasteiger partial charge in [0.2, 0.25) is 0 Å². The van der Waals surface area contributed by atoms with Crippen LogP contribution in [0, 0.1) is 18.8 Å². The van der Waals surface area contributed by atoms with Gasteiger partial charge in [-0.1, -0.05) is 11.8 Å². The van der Waals surface area contributed by atoms with E-state index in [1.165, 1.54) is 4.88 Å². The molecule has 0 amide bonds. The number of hydrogen-bond donors (Lipinski definition) is 1. The van der Waals surface area contributed by atoms with Crippen LogP contribution in [0.25, 0.3) is 0 Å². The molecule has 0 aliphatic heterocycles. The summed E-state index contributed by atoms with van der Waals surface area (Å²) in [6.45, 7) is 2.72. The van der Waals surface area contributed by atoms with Crippen LogP contribution in [0.5, 0.6) is 0 Å². The van der Waals surface area contributed by atoms with Crippen LogP contribution < -0.4 is 0 Å². The van der Waals surface area contributed by atoms with Gasteiger partial charge in [-0.05, 0) is 19.1 Å². The van der Waals surface area contributed by atoms with Crippen molar-refractivity contribution in [3.63, 3.8) is 0 Å². The summed E-state index contributed by atoms with van der Waals surface area (Å²) in [6.07, 6.45) is 1.80. The molecular weight excluding hydrogens is 220 g/mol. The van der Waals surface area contributed by atoms with Crippen LogP contribution in [0.1, 0.15) is 16.1 Å². The fourth-order valence-electron chi connectivity index (χ4n) is 1.38. The Morgan fingerprint density at radius 3 is 3.12 bits per heavy atom. The molecule has 0 bridgehead atoms. The second kappa shape index (κ2) is 4.97. The van der Waals surface area contributed by atoms with Crippen LogP contribution in [-0.2, 0) is 6.54 Å². The van der Waals surface area contributed by atoms with Gasteiger partial charge in [0.1, 0.15) is 6.61 Å². The summed E-state index contributed by atoms with van der Waals surface area (Å²) in [5.41, 5.74) is 2.11. The van der Waals surface area contributed by atoms with Crippen molar-refractivity contribution < 1.29 is 5.11 Å². The van der Waals surface area contributed by atoms with Crippen molar-refractivity contribution in [3.05, 3.63) is 39.8 Å². The smallest absolute Gasteiger partial charge is 0.104 e. The average molecular weight is 232 g/mol. The number of nitrogens with zero attached hydrogens (tertiary/aromatic N) is 2. The molecule has 0 radical (unpaired) electrons. The lowest BCUT2D eigenvalue weighted by Crippen LogP contribution is -2.01. The van der Waals surface area contributed by atoms with Crippen molar-refractivity contribution in [1.29, 1.82) is 0 Å². The first-order chi connectivity index (χ1) is 7.79. The summed E-state index contributed by atoms with van der Waals surface area (Å²) in [7, 11) is 0. The van der Waals surface area contributed by atoms with E-state index in [1.54, 1.807) is 17.5 Å². The summed E-state index contributed by atoms with van der Waals surface area (Å²) in [6, 6.07) is 4.02. The molecule has 4 heteroatoms. The molecule has 3 nitrogen and oxygen atoms in total. The number of aliphatic hydroxyl groups excluding tert-OH is 1. The van der Waals surface area contributed by atoms with Gasteiger partial charge in [0.05, 0.1) is 6.54 Å². The van der Waals surface area contributed by atoms with Gasteiger partial charge < -0.3 is 5.11 Å². The van der Waals surface area contributed by atoms with Gasteiger partial charge in [0, 0.05) is 27.7 Å². The van der Waals surface area contributed by atoms with Crippen LogP contribution in [-0.4, -0.2) is 21.5 Å². The van der Waals surface area contributed by atoms with Gasteiger partial charge in [0.25, 0.3) is 0 Å². The highest BCUT2D eigenvalue weighted by molar-refractivity contribution is 7.10. The molecule has 0 unspecified atom stereocenters. The molecule has 0 saturated heterocycles. The van der Waals surface area contributed by atoms with E-state index >= 15 is 0 Å². The zero-order chi connectivity index (χ0) is 11.4. The van der Waals surface area contributed by atoms with E-state index in [9.17, 15) is 0 Å². The third-order valence-electron chi connectivity index (χ3n) is 2.20. The van der Waals surface area contributed by atoms with E-state index in [-0.39, 0.29) is 6.61 Å². The maximum atomic E-state index is 8.59. The lowest BCUT2D eigenvalue weighted by Gasteiger charge is -2.00. The second-order valence-corrected chi connectivity index (χ2v) is 4.39. The Morgan fingerprint density at radius 1 is 1.56 bits per heavy atom. The van der Waals surface area contributed by atoms with Gasteiger partial charge in [-0.2, -0.15) is 5.10 Å². The molecule has 82 valence electrons. The first-order valence-electron chi connectivity index (χ1n) is 4.95. The Labute approximate surface area is 98.4 Å². The number of aliphatic hydroxyl groups is 1. The summed E-state index contributed by atoms with van der Waals surface area (Å²) in [5, 5.41) is 14.8. The fourth-order valence-corrected chi connectivity index (χ4v) is 2.18. The molecule has 2 heterocycles. The van der Waals surface area contributed by atoms with Crippen molar-refractivity contribution in [2.75, 3.05) is 6.61 Å². The third kappa shape index (κ3) is 2.51. The van der Waals surface area contributed by atoms with E-state index < -0.39 is 0 Å². The predicted molar refractivity (Wildman–Crippen MR) is 64.3 cm³/mol. The van der Waals surface area contributed by atoms with E-state index in [0.717, 1.165) is 17.8 Å². The van der Waals surface area contributed by atoms with Crippen molar-refractivity contribution in [2.24, 2.45) is 0 Å². The Bertz CT molecular complexity index is 530. The zero-order valence-corrected chi connectivity index (χ0v) is 9.79. The zero-order valence-electron chi connectivity index (χ0n) is 8.97. The van der Waals surface area contributed by atoms with E-state index in [2.05, 4.69) is 16.9 Å². The fraction of sp³-hybridized carbons (Fsp3) is 0.250. The Kier molecular flexibility index (Phi) is 3.40. The quantitative estimate of drug-likeness (QED) is 0.799. The number of thiophene rings is 1. The van der Waals surface area contributed by atoms with Gasteiger partial charge >= 0.3 is 0 Å². The lowest BCUT2D eigenvalue weighted by atomic mass is 10.3. The van der Waals surface area contributed by atoms with E-state index in [1.807, 2.05) is 29.1 Å². The maximum Gasteiger partial charge on any atom is 0.104 e. The summed E-state index contributed by atoms with van der Waals surface area (Å²) in [4.78, 5) is 1.22. The molecule has 16 heavy (non-hydrogen) atoms. The van der Waals surface area contributed by atoms with Crippen LogP contribution >= 0.6 is 11.3 Å². The van der Waals surface area contributed by atoms with Gasteiger partial charge in [0.15, 0.2) is 0 Å². The molecule has 0 saturated carbocycles. The summed E-state index contributed by atoms with van der Waals surface area (Å²) >= 11 is 1.66. The topological polar surface area (TPSA) is 38.0 Å². The first-order valence-corrected chi connectivity index (χ1v) is 5.83. The van der Waals surface area contributed by atoms with Crippen molar-refractivity contribution in [3.8, 4) is 11.8 Å². The van der Waals surface area contributed by atoms with Gasteiger partial charge in [-0.3, -0.25) is 4.68 Å². The number of aromatic nitrogens is 2. The molecule has 0 spiro atoms. The second-order valence-electron chi connectivity index (χ2n) is 3.39. The van der Waals surface area contributed by atoms with Crippen LogP contribution in [0.15, 0.2) is 23.7 Å². The van der Waals surface area contributed by atoms with Crippen LogP contribution in [0.4, 0.5) is 0 Å². The van der Waals surface area contributed by atoms with Crippen molar-refractivity contribution in [2.45, 2.75) is 13.5 Å². The van der Waals surface area contributed by atoms with Gasteiger partial charge in [-0.25, -0.2) is 0 Å². The number of rotatable bonds is 2. The van der Waals surface area contributed by atoms with Crippen molar-refractivity contribution >= 4 is 11.3 Å². The highest BCUT2D eigenvalue weighted by Crippen LogP contribution is 2.15. The minimum atomic E-state index is -0.0938. The maximum absolute atomic E-state index is 8.59. The molecule has 0 aromatic carbocycles.